The summed E-state index contributed by atoms with van der Waals surface area (Å²) in [7, 11) is -4.13. The molecule has 1 fully saturated rings. The summed E-state index contributed by atoms with van der Waals surface area (Å²) in [5, 5.41) is 13.4. The minimum atomic E-state index is -4.13. The second-order valence-electron chi connectivity index (χ2n) is 9.37. The van der Waals surface area contributed by atoms with Crippen LogP contribution in [-0.2, 0) is 30.0 Å². The van der Waals surface area contributed by atoms with Gasteiger partial charge in [-0.15, -0.1) is 0 Å². The number of hydrogen-bond donors (Lipinski definition) is 4. The van der Waals surface area contributed by atoms with E-state index in [0.717, 1.165) is 5.56 Å². The van der Waals surface area contributed by atoms with Gasteiger partial charge in [0.2, 0.25) is 5.95 Å². The summed E-state index contributed by atoms with van der Waals surface area (Å²) in [5.74, 6) is -0.277. The molecular weight excluding hydrogens is 571 g/mol. The van der Waals surface area contributed by atoms with Crippen molar-refractivity contribution in [2.24, 2.45) is 0 Å². The molecule has 5 atom stereocenters. The smallest absolute Gasteiger partial charge is 0.459 e. The molecule has 1 aliphatic rings. The minimum absolute atomic E-state index is 0.0556. The molecule has 5 rings (SSSR count). The van der Waals surface area contributed by atoms with Crippen LogP contribution in [0.25, 0.3) is 11.2 Å². The molecule has 5 N–H and O–H groups in total. The number of ether oxygens (including phenoxy) is 2. The minimum Gasteiger partial charge on any atom is -0.460 e. The first-order valence-corrected chi connectivity index (χ1v) is 14.7. The van der Waals surface area contributed by atoms with Crippen molar-refractivity contribution in [2.75, 3.05) is 12.3 Å². The fourth-order valence-corrected chi connectivity index (χ4v) is 6.02. The molecule has 1 aliphatic heterocycles. The molecule has 41 heavy (non-hydrogen) atoms. The highest BCUT2D eigenvalue weighted by atomic mass is 32.1. The number of rotatable bonds is 11. The molecule has 0 bridgehead atoms. The number of fused-ring (bicyclic) bond motifs is 1. The summed E-state index contributed by atoms with van der Waals surface area (Å²) in [6.45, 7) is 1.33. The van der Waals surface area contributed by atoms with Crippen LogP contribution in [0.3, 0.4) is 0 Å². The second-order valence-corrected chi connectivity index (χ2v) is 11.5. The lowest BCUT2D eigenvalue weighted by atomic mass is 10.2. The number of esters is 1. The molecule has 0 saturated carbocycles. The third kappa shape index (κ3) is 6.99. The Morgan fingerprint density at radius 2 is 1.98 bits per heavy atom. The van der Waals surface area contributed by atoms with Crippen LogP contribution < -0.4 is 15.3 Å². The van der Waals surface area contributed by atoms with Crippen molar-refractivity contribution in [3.63, 3.8) is 0 Å². The van der Waals surface area contributed by atoms with E-state index < -0.39 is 38.2 Å². The number of hydrogen-bond acceptors (Lipinski definition) is 11. The van der Waals surface area contributed by atoms with Gasteiger partial charge in [0, 0.05) is 6.42 Å². The predicted octanol–water partition coefficient (Wildman–Crippen LogP) is 3.64. The zero-order valence-corrected chi connectivity index (χ0v) is 23.7. The predicted molar refractivity (Wildman–Crippen MR) is 151 cm³/mol. The van der Waals surface area contributed by atoms with E-state index in [2.05, 4.69) is 20.0 Å². The first kappa shape index (κ1) is 28.9. The normalized spacial score (nSPS) is 20.9. The lowest BCUT2D eigenvalue weighted by Crippen LogP contribution is -2.35. The number of carbonyl (C=O) groups is 1. The molecule has 2 aromatic carbocycles. The van der Waals surface area contributed by atoms with Crippen molar-refractivity contribution in [1.29, 1.82) is 0 Å². The Balaban J connectivity index is 1.26. The topological polar surface area (TPSA) is 176 Å². The van der Waals surface area contributed by atoms with E-state index >= 15 is 0 Å². The summed E-state index contributed by atoms with van der Waals surface area (Å²) in [4.78, 5) is 23.9. The summed E-state index contributed by atoms with van der Waals surface area (Å²) in [6.07, 6.45) is -0.911. The largest absolute Gasteiger partial charge is 0.460 e. The molecule has 2 aromatic heterocycles. The highest BCUT2D eigenvalue weighted by Gasteiger charge is 2.39. The van der Waals surface area contributed by atoms with Crippen molar-refractivity contribution < 1.29 is 33.0 Å². The number of benzene rings is 2. The van der Waals surface area contributed by atoms with Gasteiger partial charge in [0.15, 0.2) is 11.9 Å². The first-order valence-electron chi connectivity index (χ1n) is 12.7. The number of anilines is 1. The number of nitrogens with one attached hydrogen (secondary N) is 2. The molecule has 0 amide bonds. The Hall–Kier alpha value is -3.65. The SMILES string of the molecule is C[C@H](NP(=O)(OC[C@@H]1C[C@H](O)[C@H](n2cnc3c(=S)[nH]c(N)nc32)O1)Oc1ccccc1)C(=O)OCc1ccccc1. The van der Waals surface area contributed by atoms with E-state index in [0.29, 0.717) is 15.8 Å². The fourth-order valence-electron chi connectivity index (χ4n) is 4.25. The second kappa shape index (κ2) is 12.5. The van der Waals surface area contributed by atoms with Crippen molar-refractivity contribution in [3.05, 3.63) is 77.2 Å². The van der Waals surface area contributed by atoms with Gasteiger partial charge in [-0.1, -0.05) is 60.7 Å². The molecule has 0 radical (unpaired) electrons. The number of H-pyrrole nitrogens is 1. The zero-order chi connectivity index (χ0) is 29.0. The molecule has 1 saturated heterocycles. The number of nitrogens with zero attached hydrogens (tertiary/aromatic N) is 3. The molecule has 216 valence electrons. The van der Waals surface area contributed by atoms with Gasteiger partial charge in [-0.2, -0.15) is 10.1 Å². The summed E-state index contributed by atoms with van der Waals surface area (Å²) >= 11 is 5.25. The van der Waals surface area contributed by atoms with Crippen LogP contribution in [0, 0.1) is 4.64 Å². The number of imidazole rings is 1. The first-order chi connectivity index (χ1) is 19.7. The van der Waals surface area contributed by atoms with E-state index in [9.17, 15) is 14.5 Å². The van der Waals surface area contributed by atoms with E-state index in [1.165, 1.54) is 17.8 Å². The standard InChI is InChI=1S/C26H29N6O7PS/c1-16(25(34)36-13-17-8-4-2-5-9-17)31-40(35,39-18-10-6-3-7-11-18)37-14-19-12-20(33)24(38-19)32-15-28-21-22(32)29-26(27)30-23(21)41/h2-11,15-16,19-20,24,33H,12-14H2,1H3,(H,31,35)(H3,27,29,30,41)/t16-,19-,20-,24+,40?/m0/s1. The van der Waals surface area contributed by atoms with E-state index in [4.69, 9.17) is 36.5 Å². The van der Waals surface area contributed by atoms with Crippen molar-refractivity contribution in [1.82, 2.24) is 24.6 Å². The summed E-state index contributed by atoms with van der Waals surface area (Å²) < 4.78 is 38.5. The molecule has 3 heterocycles. The van der Waals surface area contributed by atoms with Crippen LogP contribution in [0.15, 0.2) is 67.0 Å². The fraction of sp³-hybridized carbons (Fsp3) is 0.308. The molecule has 0 spiro atoms. The summed E-state index contributed by atoms with van der Waals surface area (Å²) in [5.41, 5.74) is 7.36. The van der Waals surface area contributed by atoms with E-state index in [1.807, 2.05) is 30.3 Å². The van der Waals surface area contributed by atoms with Crippen LogP contribution in [0.2, 0.25) is 0 Å². The molecule has 13 nitrogen and oxygen atoms in total. The molecular formula is C26H29N6O7PS. The Bertz CT molecular complexity index is 1600. The maximum absolute atomic E-state index is 13.8. The van der Waals surface area contributed by atoms with Crippen LogP contribution in [-0.4, -0.2) is 55.5 Å². The number of para-hydroxylation sites is 1. The quantitative estimate of drug-likeness (QED) is 0.112. The Labute approximate surface area is 240 Å². The van der Waals surface area contributed by atoms with Gasteiger partial charge in [-0.25, -0.2) is 9.55 Å². The van der Waals surface area contributed by atoms with Crippen LogP contribution in [0.5, 0.6) is 5.75 Å². The lowest BCUT2D eigenvalue weighted by molar-refractivity contribution is -0.146. The van der Waals surface area contributed by atoms with E-state index in [-0.39, 0.29) is 31.3 Å². The van der Waals surface area contributed by atoms with Crippen molar-refractivity contribution in [2.45, 2.75) is 44.4 Å². The lowest BCUT2D eigenvalue weighted by Gasteiger charge is -2.24. The number of nitrogens with two attached hydrogens (primary N) is 1. The number of aromatic nitrogens is 4. The molecule has 0 aliphatic carbocycles. The molecule has 4 aromatic rings. The van der Waals surface area contributed by atoms with E-state index in [1.54, 1.807) is 30.3 Å². The van der Waals surface area contributed by atoms with Gasteiger partial charge in [-0.3, -0.25) is 13.9 Å². The molecule has 1 unspecified atom stereocenters. The Kier molecular flexibility index (Phi) is 8.78. The van der Waals surface area contributed by atoms with Crippen LogP contribution >= 0.6 is 20.0 Å². The Morgan fingerprint density at radius 1 is 1.27 bits per heavy atom. The van der Waals surface area contributed by atoms with Gasteiger partial charge in [-0.05, 0) is 24.6 Å². The average molecular weight is 601 g/mol. The third-order valence-electron chi connectivity index (χ3n) is 6.22. The number of aliphatic hydroxyl groups excluding tert-OH is 1. The third-order valence-corrected chi connectivity index (χ3v) is 8.16. The summed E-state index contributed by atoms with van der Waals surface area (Å²) in [6, 6.07) is 16.6. The van der Waals surface area contributed by atoms with Crippen molar-refractivity contribution in [3.8, 4) is 5.75 Å². The van der Waals surface area contributed by atoms with Crippen molar-refractivity contribution >= 4 is 43.0 Å². The maximum Gasteiger partial charge on any atom is 0.459 e. The van der Waals surface area contributed by atoms with Crippen LogP contribution in [0.4, 0.5) is 5.95 Å². The van der Waals surface area contributed by atoms with Gasteiger partial charge >= 0.3 is 13.7 Å². The Morgan fingerprint density at radius 3 is 2.71 bits per heavy atom. The highest BCUT2D eigenvalue weighted by molar-refractivity contribution is 7.71. The van der Waals surface area contributed by atoms with Gasteiger partial charge < -0.3 is 29.8 Å². The zero-order valence-electron chi connectivity index (χ0n) is 22.0. The number of nitrogen functional groups attached to an aromatic ring is 1. The number of carbonyl (C=O) groups excluding carboxylic acids is 1. The average Bonchev–Trinajstić information content (AvgIpc) is 3.54. The maximum atomic E-state index is 13.8. The number of aromatic amines is 1. The van der Waals surface area contributed by atoms with Gasteiger partial charge in [0.05, 0.1) is 19.0 Å². The van der Waals surface area contributed by atoms with Gasteiger partial charge in [0.1, 0.15) is 34.7 Å². The highest BCUT2D eigenvalue weighted by Crippen LogP contribution is 2.46. The molecule has 15 heteroatoms. The van der Waals surface area contributed by atoms with Crippen LogP contribution in [0.1, 0.15) is 25.1 Å². The van der Waals surface area contributed by atoms with Gasteiger partial charge in [0.25, 0.3) is 0 Å². The monoisotopic (exact) mass is 600 g/mol. The number of aliphatic hydroxyl groups is 1.